The van der Waals surface area contributed by atoms with Gasteiger partial charge in [0.2, 0.25) is 0 Å². The number of nitrogens with one attached hydrogen (secondary N) is 2. The second kappa shape index (κ2) is 5.45. The Bertz CT molecular complexity index is 1170. The van der Waals surface area contributed by atoms with Crippen molar-refractivity contribution < 1.29 is 0 Å². The maximum absolute atomic E-state index is 4.80. The topological polar surface area (TPSA) is 70.9 Å². The summed E-state index contributed by atoms with van der Waals surface area (Å²) in [6, 6.07) is 16.0. The van der Waals surface area contributed by atoms with Gasteiger partial charge in [-0.15, -0.1) is 0 Å². The number of benzene rings is 2. The van der Waals surface area contributed by atoms with Crippen LogP contribution in [0.15, 0.2) is 73.4 Å². The van der Waals surface area contributed by atoms with Crippen LogP contribution in [0.4, 0.5) is 11.5 Å². The lowest BCUT2D eigenvalue weighted by Crippen LogP contribution is -2.00. The van der Waals surface area contributed by atoms with Crippen LogP contribution in [0.5, 0.6) is 0 Å². The fourth-order valence-corrected chi connectivity index (χ4v) is 2.91. The van der Waals surface area contributed by atoms with E-state index >= 15 is 0 Å². The van der Waals surface area contributed by atoms with Crippen LogP contribution in [-0.4, -0.2) is 24.3 Å². The van der Waals surface area contributed by atoms with E-state index in [2.05, 4.69) is 26.3 Å². The highest BCUT2D eigenvalue weighted by Gasteiger charge is 2.10. The van der Waals surface area contributed by atoms with Crippen molar-refractivity contribution >= 4 is 28.2 Å². The highest BCUT2D eigenvalue weighted by atomic mass is 15.1. The van der Waals surface area contributed by atoms with E-state index in [9.17, 15) is 0 Å². The number of imidazole rings is 2. The third kappa shape index (κ3) is 2.40. The van der Waals surface area contributed by atoms with Crippen molar-refractivity contribution in [1.82, 2.24) is 24.3 Å². The van der Waals surface area contributed by atoms with Crippen molar-refractivity contribution in [1.29, 1.82) is 0 Å². The number of H-pyrrole nitrogens is 1. The van der Waals surface area contributed by atoms with Crippen LogP contribution in [0.3, 0.4) is 0 Å². The lowest BCUT2D eigenvalue weighted by molar-refractivity contribution is 1.13. The standard InChI is InChI=1S/C19H14N6/c1-2-4-14(5-3-1)23-18-19-20-8-9-25(19)11-17(24-18)13-6-7-15-16(10-13)22-12-21-15/h1-12H,(H,21,22)(H,23,24). The Balaban J connectivity index is 1.66. The summed E-state index contributed by atoms with van der Waals surface area (Å²) < 4.78 is 1.98. The van der Waals surface area contributed by atoms with Gasteiger partial charge in [-0.05, 0) is 24.3 Å². The lowest BCUT2D eigenvalue weighted by atomic mass is 10.1. The summed E-state index contributed by atoms with van der Waals surface area (Å²) in [5, 5.41) is 3.36. The predicted molar refractivity (Wildman–Crippen MR) is 97.8 cm³/mol. The van der Waals surface area contributed by atoms with Gasteiger partial charge in [-0.1, -0.05) is 24.3 Å². The summed E-state index contributed by atoms with van der Waals surface area (Å²) in [4.78, 5) is 16.6. The van der Waals surface area contributed by atoms with Crippen LogP contribution in [-0.2, 0) is 0 Å². The molecule has 0 atom stereocenters. The maximum Gasteiger partial charge on any atom is 0.180 e. The van der Waals surface area contributed by atoms with Gasteiger partial charge < -0.3 is 14.7 Å². The fourth-order valence-electron chi connectivity index (χ4n) is 2.91. The van der Waals surface area contributed by atoms with E-state index in [-0.39, 0.29) is 0 Å². The molecule has 0 aliphatic rings. The number of anilines is 2. The largest absolute Gasteiger partial charge is 0.345 e. The Morgan fingerprint density at radius 2 is 1.92 bits per heavy atom. The van der Waals surface area contributed by atoms with E-state index < -0.39 is 0 Å². The average Bonchev–Trinajstić information content (AvgIpc) is 3.31. The Labute approximate surface area is 143 Å². The van der Waals surface area contributed by atoms with Gasteiger partial charge in [0.1, 0.15) is 0 Å². The summed E-state index contributed by atoms with van der Waals surface area (Å²) in [5.74, 6) is 0.721. The SMILES string of the molecule is c1ccc(Nc2nc(-c3ccc4nc[nH]c4c3)cn3ccnc23)cc1. The minimum absolute atomic E-state index is 0.721. The normalized spacial score (nSPS) is 11.2. The molecule has 0 bridgehead atoms. The minimum atomic E-state index is 0.721. The molecule has 0 saturated heterocycles. The van der Waals surface area contributed by atoms with Gasteiger partial charge in [0.05, 0.1) is 23.1 Å². The quantitative estimate of drug-likeness (QED) is 0.525. The molecule has 6 heteroatoms. The summed E-state index contributed by atoms with van der Waals surface area (Å²) in [5.41, 5.74) is 5.57. The van der Waals surface area contributed by atoms with E-state index in [0.29, 0.717) is 0 Å². The van der Waals surface area contributed by atoms with Crippen molar-refractivity contribution in [3.8, 4) is 11.3 Å². The molecule has 0 aliphatic carbocycles. The third-order valence-corrected chi connectivity index (χ3v) is 4.13. The van der Waals surface area contributed by atoms with Crippen LogP contribution in [0.2, 0.25) is 0 Å². The number of hydrogen-bond acceptors (Lipinski definition) is 4. The highest BCUT2D eigenvalue weighted by Crippen LogP contribution is 2.26. The Morgan fingerprint density at radius 1 is 1.00 bits per heavy atom. The zero-order valence-electron chi connectivity index (χ0n) is 13.2. The predicted octanol–water partition coefficient (Wildman–Crippen LogP) is 4.02. The average molecular weight is 326 g/mol. The van der Waals surface area contributed by atoms with E-state index in [1.165, 1.54) is 0 Å². The molecule has 6 nitrogen and oxygen atoms in total. The first-order valence-corrected chi connectivity index (χ1v) is 7.96. The zero-order valence-corrected chi connectivity index (χ0v) is 13.2. The van der Waals surface area contributed by atoms with Gasteiger partial charge in [0, 0.05) is 29.8 Å². The number of rotatable bonds is 3. The molecule has 0 amide bonds. The van der Waals surface area contributed by atoms with Crippen LogP contribution in [0.1, 0.15) is 0 Å². The number of para-hydroxylation sites is 1. The van der Waals surface area contributed by atoms with E-state index in [1.807, 2.05) is 59.3 Å². The zero-order chi connectivity index (χ0) is 16.6. The molecule has 5 rings (SSSR count). The van der Waals surface area contributed by atoms with Crippen LogP contribution in [0.25, 0.3) is 27.9 Å². The molecule has 25 heavy (non-hydrogen) atoms. The molecule has 0 spiro atoms. The summed E-state index contributed by atoms with van der Waals surface area (Å²) >= 11 is 0. The first kappa shape index (κ1) is 13.7. The molecule has 2 aromatic carbocycles. The molecule has 5 aromatic rings. The van der Waals surface area contributed by atoms with E-state index in [0.717, 1.165) is 39.4 Å². The van der Waals surface area contributed by atoms with Gasteiger partial charge in [-0.3, -0.25) is 0 Å². The van der Waals surface area contributed by atoms with Gasteiger partial charge >= 0.3 is 0 Å². The molecule has 0 saturated carbocycles. The van der Waals surface area contributed by atoms with Crippen LogP contribution in [0, 0.1) is 0 Å². The first-order chi connectivity index (χ1) is 12.4. The number of fused-ring (bicyclic) bond motifs is 2. The lowest BCUT2D eigenvalue weighted by Gasteiger charge is -2.10. The molecule has 0 fully saturated rings. The van der Waals surface area contributed by atoms with Crippen molar-refractivity contribution in [2.45, 2.75) is 0 Å². The summed E-state index contributed by atoms with van der Waals surface area (Å²) in [7, 11) is 0. The molecular formula is C19H14N6. The Hall–Kier alpha value is -3.67. The van der Waals surface area contributed by atoms with Crippen molar-refractivity contribution in [2.75, 3.05) is 5.32 Å². The van der Waals surface area contributed by atoms with Gasteiger partial charge in [0.25, 0.3) is 0 Å². The molecule has 3 heterocycles. The van der Waals surface area contributed by atoms with Crippen molar-refractivity contribution in [3.05, 3.63) is 73.4 Å². The van der Waals surface area contributed by atoms with Crippen molar-refractivity contribution in [3.63, 3.8) is 0 Å². The summed E-state index contributed by atoms with van der Waals surface area (Å²) in [6.07, 6.45) is 7.37. The summed E-state index contributed by atoms with van der Waals surface area (Å²) in [6.45, 7) is 0. The third-order valence-electron chi connectivity index (χ3n) is 4.13. The minimum Gasteiger partial charge on any atom is -0.345 e. The van der Waals surface area contributed by atoms with Crippen LogP contribution < -0.4 is 5.32 Å². The number of aromatic nitrogens is 5. The highest BCUT2D eigenvalue weighted by molar-refractivity contribution is 5.81. The molecule has 0 unspecified atom stereocenters. The van der Waals surface area contributed by atoms with Gasteiger partial charge in [0.15, 0.2) is 11.5 Å². The molecule has 3 aromatic heterocycles. The molecule has 0 aliphatic heterocycles. The number of hydrogen-bond donors (Lipinski definition) is 2. The maximum atomic E-state index is 4.80. The smallest absolute Gasteiger partial charge is 0.180 e. The number of nitrogens with zero attached hydrogens (tertiary/aromatic N) is 4. The molecule has 0 radical (unpaired) electrons. The van der Waals surface area contributed by atoms with Crippen molar-refractivity contribution in [2.24, 2.45) is 0 Å². The van der Waals surface area contributed by atoms with E-state index in [4.69, 9.17) is 4.98 Å². The van der Waals surface area contributed by atoms with E-state index in [1.54, 1.807) is 12.5 Å². The molecular weight excluding hydrogens is 312 g/mol. The van der Waals surface area contributed by atoms with Gasteiger partial charge in [-0.2, -0.15) is 0 Å². The first-order valence-electron chi connectivity index (χ1n) is 7.96. The molecule has 2 N–H and O–H groups in total. The van der Waals surface area contributed by atoms with Crippen LogP contribution >= 0.6 is 0 Å². The second-order valence-corrected chi connectivity index (χ2v) is 5.76. The monoisotopic (exact) mass is 326 g/mol. The second-order valence-electron chi connectivity index (χ2n) is 5.76. The fraction of sp³-hybridized carbons (Fsp3) is 0. The number of aromatic amines is 1. The Morgan fingerprint density at radius 3 is 2.84 bits per heavy atom. The molecule has 120 valence electrons. The van der Waals surface area contributed by atoms with Gasteiger partial charge in [-0.25, -0.2) is 15.0 Å². The Kier molecular flexibility index (Phi) is 3.00.